The van der Waals surface area contributed by atoms with Crippen LogP contribution in [0.15, 0.2) is 57.7 Å². The van der Waals surface area contributed by atoms with E-state index in [4.69, 9.17) is 9.40 Å². The molecule has 2 aromatic carbocycles. The molecule has 0 bridgehead atoms. The van der Waals surface area contributed by atoms with Crippen LogP contribution in [0.2, 0.25) is 0 Å². The van der Waals surface area contributed by atoms with Crippen LogP contribution in [-0.4, -0.2) is 16.5 Å². The van der Waals surface area contributed by atoms with Crippen molar-refractivity contribution in [3.8, 4) is 0 Å². The van der Waals surface area contributed by atoms with Crippen LogP contribution in [0, 0.1) is 0 Å². The van der Waals surface area contributed by atoms with Crippen molar-refractivity contribution in [2.75, 3.05) is 6.54 Å². The smallest absolute Gasteiger partial charge is 0.294 e. The van der Waals surface area contributed by atoms with Crippen LogP contribution in [0.3, 0.4) is 0 Å². The number of fused-ring (bicyclic) bond motifs is 4. The molecule has 0 aliphatic carbocycles. The predicted molar refractivity (Wildman–Crippen MR) is 95.5 cm³/mol. The van der Waals surface area contributed by atoms with Gasteiger partial charge in [-0.2, -0.15) is 0 Å². The second-order valence-corrected chi connectivity index (χ2v) is 6.66. The number of quaternary nitrogens is 1. The van der Waals surface area contributed by atoms with Gasteiger partial charge in [0.2, 0.25) is 5.58 Å². The molecule has 0 saturated heterocycles. The third-order valence-corrected chi connectivity index (χ3v) is 5.00. The van der Waals surface area contributed by atoms with Crippen LogP contribution in [-0.2, 0) is 19.5 Å². The van der Waals surface area contributed by atoms with Gasteiger partial charge < -0.3 is 14.3 Å². The largest absolute Gasteiger partial charge is 0.449 e. The van der Waals surface area contributed by atoms with Gasteiger partial charge in [0.25, 0.3) is 5.56 Å². The van der Waals surface area contributed by atoms with Gasteiger partial charge in [0, 0.05) is 17.4 Å². The molecule has 0 radical (unpaired) electrons. The van der Waals surface area contributed by atoms with Crippen molar-refractivity contribution < 1.29 is 9.32 Å². The zero-order valence-corrected chi connectivity index (χ0v) is 13.7. The van der Waals surface area contributed by atoms with Crippen LogP contribution in [0.1, 0.15) is 17.0 Å². The third-order valence-electron chi connectivity index (χ3n) is 5.00. The number of nitrogens with zero attached hydrogens (tertiary/aromatic N) is 1. The minimum absolute atomic E-state index is 0.201. The Morgan fingerprint density at radius 1 is 1.08 bits per heavy atom. The summed E-state index contributed by atoms with van der Waals surface area (Å²) in [4.78, 5) is 21.4. The maximum atomic E-state index is 12.4. The Hall–Kier alpha value is -2.92. The standard InChI is InChI=1S/C20H17N3O2/c24-20-19-18(15-7-3-4-8-16(15)25-19)21-17(22-20)12-23-10-9-13-5-1-2-6-14(13)11-23/h1-8H,9-12H2,(H,21,22,24)/p+1. The molecule has 5 nitrogen and oxygen atoms in total. The highest BCUT2D eigenvalue weighted by molar-refractivity contribution is 6.01. The SMILES string of the molecule is O=c1[nH]c(C[NH+]2CCc3ccccc3C2)nc2c1oc1ccccc12. The molecule has 25 heavy (non-hydrogen) atoms. The first kappa shape index (κ1) is 14.4. The molecule has 1 atom stereocenters. The minimum atomic E-state index is -0.201. The number of aromatic amines is 1. The zero-order chi connectivity index (χ0) is 16.8. The molecule has 0 spiro atoms. The van der Waals surface area contributed by atoms with E-state index < -0.39 is 0 Å². The van der Waals surface area contributed by atoms with E-state index in [1.54, 1.807) is 0 Å². The number of nitrogens with one attached hydrogen (secondary N) is 2. The molecule has 4 aromatic rings. The lowest BCUT2D eigenvalue weighted by Crippen LogP contribution is -3.10. The van der Waals surface area contributed by atoms with Gasteiger partial charge in [0.15, 0.2) is 5.82 Å². The van der Waals surface area contributed by atoms with E-state index in [0.717, 1.165) is 30.7 Å². The summed E-state index contributed by atoms with van der Waals surface area (Å²) in [6.07, 6.45) is 1.06. The van der Waals surface area contributed by atoms with Crippen molar-refractivity contribution >= 4 is 22.1 Å². The van der Waals surface area contributed by atoms with Crippen molar-refractivity contribution in [1.82, 2.24) is 9.97 Å². The van der Waals surface area contributed by atoms with E-state index in [2.05, 4.69) is 29.2 Å². The fourth-order valence-electron chi connectivity index (χ4n) is 3.76. The Balaban J connectivity index is 1.51. The monoisotopic (exact) mass is 332 g/mol. The molecule has 2 N–H and O–H groups in total. The van der Waals surface area contributed by atoms with E-state index in [9.17, 15) is 4.79 Å². The van der Waals surface area contributed by atoms with Gasteiger partial charge in [-0.25, -0.2) is 4.98 Å². The Morgan fingerprint density at radius 2 is 1.88 bits per heavy atom. The number of hydrogen-bond acceptors (Lipinski definition) is 3. The molecule has 1 aliphatic heterocycles. The first-order chi connectivity index (χ1) is 12.3. The van der Waals surface area contributed by atoms with E-state index >= 15 is 0 Å². The van der Waals surface area contributed by atoms with Crippen LogP contribution in [0.4, 0.5) is 0 Å². The van der Waals surface area contributed by atoms with Crippen molar-refractivity contribution in [3.05, 3.63) is 75.8 Å². The van der Waals surface area contributed by atoms with Gasteiger partial charge in [-0.3, -0.25) is 4.79 Å². The lowest BCUT2D eigenvalue weighted by Gasteiger charge is -2.25. The van der Waals surface area contributed by atoms with Gasteiger partial charge in [0.05, 0.1) is 6.54 Å². The molecule has 0 amide bonds. The second kappa shape index (κ2) is 5.57. The number of hydrogen-bond donors (Lipinski definition) is 2. The number of rotatable bonds is 2. The third kappa shape index (κ3) is 2.44. The van der Waals surface area contributed by atoms with Gasteiger partial charge in [-0.1, -0.05) is 36.4 Å². The van der Waals surface area contributed by atoms with Gasteiger partial charge in [-0.05, 0) is 17.7 Å². The number of para-hydroxylation sites is 1. The number of aromatic nitrogens is 2. The molecular weight excluding hydrogens is 314 g/mol. The number of furan rings is 1. The Morgan fingerprint density at radius 3 is 2.80 bits per heavy atom. The molecule has 5 heteroatoms. The summed E-state index contributed by atoms with van der Waals surface area (Å²) in [5.41, 5.74) is 4.29. The minimum Gasteiger partial charge on any atom is -0.449 e. The van der Waals surface area contributed by atoms with E-state index in [1.165, 1.54) is 16.0 Å². The Labute approximate surface area is 143 Å². The van der Waals surface area contributed by atoms with Gasteiger partial charge in [0.1, 0.15) is 24.2 Å². The van der Waals surface area contributed by atoms with Crippen LogP contribution >= 0.6 is 0 Å². The maximum Gasteiger partial charge on any atom is 0.294 e. The first-order valence-electron chi connectivity index (χ1n) is 8.59. The number of H-pyrrole nitrogens is 1. The average molecular weight is 332 g/mol. The molecule has 3 heterocycles. The molecule has 5 rings (SSSR count). The van der Waals surface area contributed by atoms with Crippen LogP contribution in [0.25, 0.3) is 22.1 Å². The predicted octanol–water partition coefficient (Wildman–Crippen LogP) is 1.81. The second-order valence-electron chi connectivity index (χ2n) is 6.66. The summed E-state index contributed by atoms with van der Waals surface area (Å²) >= 11 is 0. The summed E-state index contributed by atoms with van der Waals surface area (Å²) in [5.74, 6) is 0.721. The van der Waals surface area contributed by atoms with Crippen molar-refractivity contribution in [2.45, 2.75) is 19.5 Å². The fraction of sp³-hybridized carbons (Fsp3) is 0.200. The van der Waals surface area contributed by atoms with Crippen LogP contribution < -0.4 is 10.5 Å². The zero-order valence-electron chi connectivity index (χ0n) is 13.7. The van der Waals surface area contributed by atoms with E-state index in [1.807, 2.05) is 24.3 Å². The summed E-state index contributed by atoms with van der Waals surface area (Å²) in [6.45, 7) is 2.72. The summed E-state index contributed by atoms with van der Waals surface area (Å²) in [7, 11) is 0. The number of benzene rings is 2. The molecule has 1 unspecified atom stereocenters. The van der Waals surface area contributed by atoms with Crippen molar-refractivity contribution in [1.29, 1.82) is 0 Å². The van der Waals surface area contributed by atoms with Gasteiger partial charge >= 0.3 is 0 Å². The summed E-state index contributed by atoms with van der Waals surface area (Å²) in [6, 6.07) is 16.2. The molecular formula is C20H18N3O2+. The Kier molecular flexibility index (Phi) is 3.21. The first-order valence-corrected chi connectivity index (χ1v) is 8.59. The lowest BCUT2D eigenvalue weighted by atomic mass is 10.00. The highest BCUT2D eigenvalue weighted by Gasteiger charge is 2.21. The Bertz CT molecular complexity index is 1140. The highest BCUT2D eigenvalue weighted by Crippen LogP contribution is 2.24. The van der Waals surface area contributed by atoms with E-state index in [-0.39, 0.29) is 5.56 Å². The normalized spacial score (nSPS) is 17.0. The van der Waals surface area contributed by atoms with E-state index in [0.29, 0.717) is 23.2 Å². The highest BCUT2D eigenvalue weighted by atomic mass is 16.3. The molecule has 2 aromatic heterocycles. The molecule has 0 saturated carbocycles. The summed E-state index contributed by atoms with van der Waals surface area (Å²) in [5, 5.41) is 0.892. The average Bonchev–Trinajstić information content (AvgIpc) is 3.01. The summed E-state index contributed by atoms with van der Waals surface area (Å²) < 4.78 is 5.66. The van der Waals surface area contributed by atoms with Crippen molar-refractivity contribution in [3.63, 3.8) is 0 Å². The fourth-order valence-corrected chi connectivity index (χ4v) is 3.76. The van der Waals surface area contributed by atoms with Crippen molar-refractivity contribution in [2.24, 2.45) is 0 Å². The quantitative estimate of drug-likeness (QED) is 0.588. The molecule has 124 valence electrons. The lowest BCUT2D eigenvalue weighted by molar-refractivity contribution is -0.930. The van der Waals surface area contributed by atoms with Crippen LogP contribution in [0.5, 0.6) is 0 Å². The molecule has 1 aliphatic rings. The topological polar surface area (TPSA) is 63.3 Å². The van der Waals surface area contributed by atoms with Gasteiger partial charge in [-0.15, -0.1) is 0 Å². The molecule has 0 fully saturated rings. The maximum absolute atomic E-state index is 12.4.